The van der Waals surface area contributed by atoms with Crippen LogP contribution in [-0.4, -0.2) is 430 Å². The molecule has 5 amide bonds. The van der Waals surface area contributed by atoms with Gasteiger partial charge in [-0.05, 0) is 200 Å². The summed E-state index contributed by atoms with van der Waals surface area (Å²) in [5.41, 5.74) is 3.74. The van der Waals surface area contributed by atoms with E-state index < -0.39 is 187 Å². The van der Waals surface area contributed by atoms with Crippen molar-refractivity contribution >= 4 is 132 Å². The fourth-order valence-electron chi connectivity index (χ4n) is 15.7. The molecule has 764 valence electrons. The summed E-state index contributed by atoms with van der Waals surface area (Å²) in [5.74, 6) is 5.30. The summed E-state index contributed by atoms with van der Waals surface area (Å²) in [7, 11) is 3.42. The third-order valence-electron chi connectivity index (χ3n) is 23.6. The summed E-state index contributed by atoms with van der Waals surface area (Å²) in [5, 5.41) is 146. The SMILES string of the molecule is C=C1NC(=O)C(C#CC)=CN1[C@@H]1O[C@H](CCP(=C)(C)C)[C@@H](O)[C@H]1O.C=C1NC(=O)N(C)C=C1[C@@H]1O[C@H](CCP(=C)(C)C)[C@@H](O)[C@H]1O.C=C1NC(=O)NC=C1[C@@H]1O[C@H](CCP(=C)(C)C)[C@@H](O)[C@H]1O.C=C1NC(=S)N(C)C=C1[C@@H]1O[C@H](CCP(=C)(C)C)[C@@H](O)[C@H]1O.C=C1NC(=S)NC=C1[C@@H]1O[C@H](CCP(=C)(C)C)[C@@H](O)[C@H]1O.C=P(C)(C)CC[C@H]1O[C@@H](c2cn(CNCCC)c(=O)[nH]c2=O)[C@H](O)[C@@H]1O. The number of rotatable bonds is 28. The second kappa shape index (κ2) is 49.7. The van der Waals surface area contributed by atoms with E-state index in [1.165, 1.54) is 33.0 Å². The molecule has 11 aliphatic rings. The summed E-state index contributed by atoms with van der Waals surface area (Å²) in [6, 6.07) is -0.668. The molecule has 12 heterocycles. The third kappa shape index (κ3) is 33.5. The number of hydrogen-bond donors (Lipinski definition) is 21. The van der Waals surface area contributed by atoms with Crippen LogP contribution >= 0.6 is 65.8 Å². The van der Waals surface area contributed by atoms with Crippen molar-refractivity contribution in [2.75, 3.05) is 138 Å². The third-order valence-corrected chi connectivity index (χ3v) is 33.0. The molecule has 1 aromatic rings. The molecular weight excluding hydrogens is 1910 g/mol. The molecule has 6 saturated heterocycles. The van der Waals surface area contributed by atoms with Crippen molar-refractivity contribution in [2.45, 2.75) is 212 Å². The summed E-state index contributed by atoms with van der Waals surface area (Å²) < 4.78 is 36.4. The molecule has 21 N–H and O–H groups in total. The number of aliphatic hydroxyl groups is 12. The minimum absolute atomic E-state index is 0.139. The monoisotopic (exact) mass is 2060 g/mol. The molecule has 0 unspecified atom stereocenters. The van der Waals surface area contributed by atoms with Gasteiger partial charge in [0.2, 0.25) is 0 Å². The Kier molecular flexibility index (Phi) is 42.7. The Labute approximate surface area is 812 Å². The van der Waals surface area contributed by atoms with Crippen LogP contribution in [0, 0.1) is 11.8 Å². The van der Waals surface area contributed by atoms with E-state index in [1.54, 1.807) is 37.5 Å². The molecule has 0 saturated carbocycles. The van der Waals surface area contributed by atoms with Gasteiger partial charge < -0.3 is 142 Å². The van der Waals surface area contributed by atoms with E-state index in [0.29, 0.717) is 93.8 Å². The molecule has 0 aliphatic carbocycles. The number of ether oxygens (including phenoxy) is 6. The average Bonchev–Trinajstić information content (AvgIpc) is 1.64. The van der Waals surface area contributed by atoms with Crippen molar-refractivity contribution in [3.05, 3.63) is 153 Å². The van der Waals surface area contributed by atoms with Gasteiger partial charge in [-0.3, -0.25) is 24.5 Å². The maximum absolute atomic E-state index is 12.2. The molecule has 24 atom stereocenters. The largest absolute Gasteiger partial charge is 0.388 e. The van der Waals surface area contributed by atoms with Crippen molar-refractivity contribution in [1.29, 1.82) is 0 Å². The Morgan fingerprint density at radius 3 is 1.16 bits per heavy atom. The van der Waals surface area contributed by atoms with E-state index in [0.717, 1.165) is 49.9 Å². The minimum Gasteiger partial charge on any atom is -0.388 e. The Morgan fingerprint density at radius 1 is 0.434 bits per heavy atom. The summed E-state index contributed by atoms with van der Waals surface area (Å²) in [6.45, 7) is 41.9. The number of nitrogens with zero attached hydrogens (tertiary/aromatic N) is 4. The van der Waals surface area contributed by atoms with Crippen LogP contribution in [0.25, 0.3) is 0 Å². The maximum atomic E-state index is 12.2. The zero-order valence-electron chi connectivity index (χ0n) is 81.4. The first-order valence-corrected chi connectivity index (χ1v) is 63.9. The number of aliphatic hydroxyl groups excluding tert-OH is 12. The van der Waals surface area contributed by atoms with E-state index >= 15 is 0 Å². The Bertz CT molecular complexity index is 5030. The molecule has 1 aromatic heterocycles. The molecule has 12 rings (SSSR count). The normalized spacial score (nSPS) is 31.4. The maximum Gasteiger partial charge on any atom is 0.329 e. The molecule has 0 bridgehead atoms. The van der Waals surface area contributed by atoms with Gasteiger partial charge in [0.25, 0.3) is 11.5 Å². The molecule has 0 aromatic carbocycles. The van der Waals surface area contributed by atoms with Crippen molar-refractivity contribution in [3.63, 3.8) is 0 Å². The van der Waals surface area contributed by atoms with E-state index in [9.17, 15) is 85.3 Å². The number of aromatic amines is 1. The van der Waals surface area contributed by atoms with Gasteiger partial charge in [0.1, 0.15) is 115 Å². The Morgan fingerprint density at radius 2 is 0.779 bits per heavy atom. The Balaban J connectivity index is 0.000000223. The Hall–Kier alpha value is -6.13. The highest BCUT2D eigenvalue weighted by Crippen LogP contribution is 2.46. The van der Waals surface area contributed by atoms with Gasteiger partial charge in [0.15, 0.2) is 16.5 Å². The lowest BCUT2D eigenvalue weighted by Gasteiger charge is -2.33. The number of H-pyrrole nitrogens is 1. The molecular formula is C92H151N13O23P6S2. The van der Waals surface area contributed by atoms with Gasteiger partial charge in [-0.2, -0.15) is 0 Å². The van der Waals surface area contributed by atoms with Crippen molar-refractivity contribution in [3.8, 4) is 11.8 Å². The van der Waals surface area contributed by atoms with Crippen LogP contribution in [0.3, 0.4) is 0 Å². The highest BCUT2D eigenvalue weighted by atomic mass is 32.1. The second-order valence-electron chi connectivity index (χ2n) is 39.9. The molecule has 36 nitrogen and oxygen atoms in total. The zero-order valence-corrected chi connectivity index (χ0v) is 88.4. The van der Waals surface area contributed by atoms with E-state index in [4.69, 9.17) is 52.9 Å². The first-order chi connectivity index (χ1) is 62.8. The van der Waals surface area contributed by atoms with Gasteiger partial charge >= 0.3 is 17.8 Å². The van der Waals surface area contributed by atoms with Crippen molar-refractivity contribution < 1.29 is 104 Å². The van der Waals surface area contributed by atoms with Crippen LogP contribution in [0.5, 0.6) is 0 Å². The van der Waals surface area contributed by atoms with Gasteiger partial charge in [0, 0.05) is 96.4 Å². The molecule has 0 spiro atoms. The molecule has 44 heteroatoms. The van der Waals surface area contributed by atoms with Crippen molar-refractivity contribution in [1.82, 2.24) is 66.8 Å². The number of carbonyl (C=O) groups is 3. The number of thiocarbonyl (C=S) groups is 2. The van der Waals surface area contributed by atoms with E-state index in [-0.39, 0.29) is 53.8 Å². The van der Waals surface area contributed by atoms with Crippen LogP contribution in [0.2, 0.25) is 0 Å². The summed E-state index contributed by atoms with van der Waals surface area (Å²) >= 11 is 10.1. The number of aromatic nitrogens is 2. The van der Waals surface area contributed by atoms with Gasteiger partial charge in [-0.25, -0.2) is 14.4 Å². The minimum atomic E-state index is -1.29. The van der Waals surface area contributed by atoms with Crippen molar-refractivity contribution in [2.24, 2.45) is 0 Å². The molecule has 11 aliphatic heterocycles. The highest BCUT2D eigenvalue weighted by molar-refractivity contribution is 7.80. The topological polar surface area (TPSA) is 510 Å². The lowest BCUT2D eigenvalue weighted by atomic mass is 9.99. The number of hydrogen-bond acceptors (Lipinski definition) is 27. The van der Waals surface area contributed by atoms with Crippen LogP contribution in [-0.2, 0) is 39.9 Å². The average molecular weight is 2060 g/mol. The predicted molar refractivity (Wildman–Crippen MR) is 565 cm³/mol. The standard InChI is InChI=1S/C17H30N3O5P.C17H25N2O4P.C15H25N2O4P.C15H25N2O3PS.C14H23N2O4P.C14H23N2O3PS/c1-5-7-18-10-20-9-11(16(23)19-17(20)24)15-14(22)13(21)12(25-15)6-8-26(2,3)4;1-6-7-12-10-19(11(2)18-16(12)22)17-15(21)14(20)13(23-17)8-9-24(3,4)5;1-9-10(8-17(2)15(20)16-9)14-13(19)12(18)11(21-14)6-7-22(3,4)5;1-9-10(8-17(2)15(22)16-9)14-13(19)12(18)11(20-14)6-7-21(3,4)5;1-8-9(7-15-14(19)16-8)13-12(18)11(17)10(20-13)5-6-21(2,3)4;1-8-9(7-15-14(21)16-8)13-12(18)11(17)10(19-13)5-6-20(2,3)4/h9,12-15,18,21-22H,2,5-8,10H2,1,3-4H3,(H,19,23,24);10,13-15,17,20-21H,2-3,8-9H2,1,4-5H3,(H,18,22);8,11-14,18-19H,1,3,6-7H2,2,4-5H3,(H,16,20);8,11-14,18-19H,1,3,6-7H2,2,4-5H3,(H,16,22);7,10-13,17-18H,1-2,5-6H2,3-4H3,(H2,15,16,19);7,10-13,17-18H,1-2,5-6H2,3-4H3,(H2,15,16,21)/t12-,13-,14-,15+;13-,14-,15-,17-;2*11-,12-,13-,14+;2*10-,11-,12-,13+/m111111/s1. The summed E-state index contributed by atoms with van der Waals surface area (Å²) in [6.07, 6.45) is 25.1. The number of amides is 5. The smallest absolute Gasteiger partial charge is 0.329 e. The van der Waals surface area contributed by atoms with Crippen LogP contribution < -0.4 is 53.8 Å². The molecule has 136 heavy (non-hydrogen) atoms. The number of nitrogens with one attached hydrogen (secondary N) is 9. The quantitative estimate of drug-likeness (QED) is 0.0248. The van der Waals surface area contributed by atoms with Gasteiger partial charge in [0.05, 0.1) is 48.9 Å². The van der Waals surface area contributed by atoms with E-state index in [1.807, 2.05) is 14.0 Å². The van der Waals surface area contributed by atoms with Gasteiger partial charge in [-0.1, -0.05) is 45.7 Å². The first kappa shape index (κ1) is 117. The van der Waals surface area contributed by atoms with Gasteiger partial charge in [-0.15, -0.1) is 85.0 Å². The fraction of sp³-hybridized carbons (Fsp3) is 0.598. The second-order valence-corrected chi connectivity index (χ2v) is 66.6. The fourth-order valence-corrected chi connectivity index (χ4v) is 21.8. The number of urea groups is 2. The molecule has 6 fully saturated rings. The lowest BCUT2D eigenvalue weighted by molar-refractivity contribution is -0.119. The van der Waals surface area contributed by atoms with Crippen LogP contribution in [0.1, 0.15) is 70.5 Å². The zero-order chi connectivity index (χ0) is 102. The van der Waals surface area contributed by atoms with Crippen LogP contribution in [0.4, 0.5) is 9.59 Å². The predicted octanol–water partition coefficient (Wildman–Crippen LogP) is 2.25. The first-order valence-electron chi connectivity index (χ1n) is 44.8. The lowest BCUT2D eigenvalue weighted by Crippen LogP contribution is -2.47. The van der Waals surface area contributed by atoms with Crippen LogP contribution in [0.15, 0.2) is 136 Å². The summed E-state index contributed by atoms with van der Waals surface area (Å²) in [4.78, 5) is 65.6. The number of carbonyl (C=O) groups excluding carboxylic acids is 3. The molecule has 0 radical (unpaired) electrons. The van der Waals surface area contributed by atoms with E-state index in [2.05, 4.69) is 210 Å². The highest BCUT2D eigenvalue weighted by Gasteiger charge is 2.52.